The Morgan fingerprint density at radius 3 is 2.83 bits per heavy atom. The SMILES string of the molecule is C=C(CC)C(=O)OC(C)C1CO1. The van der Waals surface area contributed by atoms with Crippen molar-refractivity contribution < 1.29 is 14.3 Å². The first-order valence-corrected chi connectivity index (χ1v) is 4.15. The van der Waals surface area contributed by atoms with Gasteiger partial charge in [-0.2, -0.15) is 0 Å². The van der Waals surface area contributed by atoms with Crippen LogP contribution in [-0.2, 0) is 14.3 Å². The van der Waals surface area contributed by atoms with Crippen LogP contribution >= 0.6 is 0 Å². The van der Waals surface area contributed by atoms with E-state index in [0.717, 1.165) is 0 Å². The zero-order valence-electron chi connectivity index (χ0n) is 7.50. The number of epoxide rings is 1. The smallest absolute Gasteiger partial charge is 0.333 e. The van der Waals surface area contributed by atoms with Crippen molar-refractivity contribution in [2.24, 2.45) is 0 Å². The van der Waals surface area contributed by atoms with Gasteiger partial charge in [0, 0.05) is 5.57 Å². The topological polar surface area (TPSA) is 38.8 Å². The Kier molecular flexibility index (Phi) is 2.87. The van der Waals surface area contributed by atoms with Gasteiger partial charge < -0.3 is 9.47 Å². The summed E-state index contributed by atoms with van der Waals surface area (Å²) < 4.78 is 10.0. The zero-order valence-corrected chi connectivity index (χ0v) is 7.50. The normalized spacial score (nSPS) is 23.0. The van der Waals surface area contributed by atoms with E-state index in [1.54, 1.807) is 0 Å². The van der Waals surface area contributed by atoms with Crippen LogP contribution in [0.15, 0.2) is 12.2 Å². The van der Waals surface area contributed by atoms with Gasteiger partial charge in [0.05, 0.1) is 6.61 Å². The maximum Gasteiger partial charge on any atom is 0.333 e. The summed E-state index contributed by atoms with van der Waals surface area (Å²) in [7, 11) is 0. The lowest BCUT2D eigenvalue weighted by Gasteiger charge is -2.10. The Morgan fingerprint density at radius 2 is 2.42 bits per heavy atom. The third kappa shape index (κ3) is 2.34. The molecule has 2 unspecified atom stereocenters. The second-order valence-electron chi connectivity index (χ2n) is 2.94. The molecule has 12 heavy (non-hydrogen) atoms. The molecule has 0 amide bonds. The summed E-state index contributed by atoms with van der Waals surface area (Å²) in [4.78, 5) is 11.1. The molecule has 3 nitrogen and oxygen atoms in total. The molecule has 1 rings (SSSR count). The highest BCUT2D eigenvalue weighted by atomic mass is 16.6. The molecule has 0 bridgehead atoms. The van der Waals surface area contributed by atoms with Crippen LogP contribution in [0, 0.1) is 0 Å². The van der Waals surface area contributed by atoms with Gasteiger partial charge in [-0.1, -0.05) is 13.5 Å². The van der Waals surface area contributed by atoms with E-state index < -0.39 is 0 Å². The van der Waals surface area contributed by atoms with E-state index in [2.05, 4.69) is 6.58 Å². The van der Waals surface area contributed by atoms with Crippen molar-refractivity contribution in [3.05, 3.63) is 12.2 Å². The molecule has 0 aromatic heterocycles. The van der Waals surface area contributed by atoms with Gasteiger partial charge in [0.15, 0.2) is 0 Å². The molecule has 0 aromatic carbocycles. The van der Waals surface area contributed by atoms with Crippen LogP contribution in [-0.4, -0.2) is 24.8 Å². The Hall–Kier alpha value is -0.830. The van der Waals surface area contributed by atoms with Crippen molar-refractivity contribution in [3.63, 3.8) is 0 Å². The summed E-state index contributed by atoms with van der Waals surface area (Å²) in [5.74, 6) is -0.305. The van der Waals surface area contributed by atoms with Gasteiger partial charge in [-0.05, 0) is 13.3 Å². The minimum atomic E-state index is -0.305. The van der Waals surface area contributed by atoms with Crippen LogP contribution in [0.2, 0.25) is 0 Å². The summed E-state index contributed by atoms with van der Waals surface area (Å²) >= 11 is 0. The fraction of sp³-hybridized carbons (Fsp3) is 0.667. The van der Waals surface area contributed by atoms with Gasteiger partial charge in [-0.3, -0.25) is 0 Å². The molecule has 68 valence electrons. The monoisotopic (exact) mass is 170 g/mol. The maximum atomic E-state index is 11.1. The van der Waals surface area contributed by atoms with Crippen molar-refractivity contribution in [1.29, 1.82) is 0 Å². The molecule has 1 fully saturated rings. The van der Waals surface area contributed by atoms with Crippen LogP contribution in [0.1, 0.15) is 20.3 Å². The third-order valence-corrected chi connectivity index (χ3v) is 1.89. The van der Waals surface area contributed by atoms with E-state index in [1.807, 2.05) is 13.8 Å². The Bertz CT molecular complexity index is 194. The average Bonchev–Trinajstić information content (AvgIpc) is 2.84. The number of hydrogen-bond donors (Lipinski definition) is 0. The van der Waals surface area contributed by atoms with Gasteiger partial charge >= 0.3 is 5.97 Å². The molecule has 1 saturated heterocycles. The van der Waals surface area contributed by atoms with Gasteiger partial charge in [0.1, 0.15) is 12.2 Å². The lowest BCUT2D eigenvalue weighted by atomic mass is 10.2. The number of carbonyl (C=O) groups excluding carboxylic acids is 1. The highest BCUT2D eigenvalue weighted by Crippen LogP contribution is 2.17. The molecule has 0 radical (unpaired) electrons. The van der Waals surface area contributed by atoms with Gasteiger partial charge in [-0.15, -0.1) is 0 Å². The summed E-state index contributed by atoms with van der Waals surface area (Å²) in [6.45, 7) is 8.00. The largest absolute Gasteiger partial charge is 0.456 e. The van der Waals surface area contributed by atoms with Crippen molar-refractivity contribution >= 4 is 5.97 Å². The Balaban J connectivity index is 2.29. The van der Waals surface area contributed by atoms with Crippen molar-refractivity contribution in [2.75, 3.05) is 6.61 Å². The molecule has 3 heteroatoms. The molecule has 1 aliphatic rings. The van der Waals surface area contributed by atoms with Crippen molar-refractivity contribution in [3.8, 4) is 0 Å². The predicted molar refractivity (Wildman–Crippen MR) is 44.7 cm³/mol. The van der Waals surface area contributed by atoms with Crippen LogP contribution in [0.25, 0.3) is 0 Å². The molecule has 0 saturated carbocycles. The van der Waals surface area contributed by atoms with Crippen LogP contribution in [0.3, 0.4) is 0 Å². The number of carbonyl (C=O) groups is 1. The third-order valence-electron chi connectivity index (χ3n) is 1.89. The quantitative estimate of drug-likeness (QED) is 0.362. The second kappa shape index (κ2) is 3.72. The van der Waals surface area contributed by atoms with Crippen LogP contribution in [0.4, 0.5) is 0 Å². The Morgan fingerprint density at radius 1 is 1.83 bits per heavy atom. The lowest BCUT2D eigenvalue weighted by molar-refractivity contribution is -0.144. The number of ether oxygens (including phenoxy) is 2. The predicted octanol–water partition coefficient (Wildman–Crippen LogP) is 1.28. The van der Waals surface area contributed by atoms with Crippen molar-refractivity contribution in [1.82, 2.24) is 0 Å². The number of rotatable bonds is 4. The van der Waals surface area contributed by atoms with E-state index in [9.17, 15) is 4.79 Å². The molecule has 0 spiro atoms. The van der Waals surface area contributed by atoms with Crippen molar-refractivity contribution in [2.45, 2.75) is 32.5 Å². The van der Waals surface area contributed by atoms with Gasteiger partial charge in [-0.25, -0.2) is 4.79 Å². The number of esters is 1. The highest BCUT2D eigenvalue weighted by Gasteiger charge is 2.32. The molecule has 1 heterocycles. The number of hydrogen-bond acceptors (Lipinski definition) is 3. The standard InChI is InChI=1S/C9H14O3/c1-4-6(2)9(10)12-7(3)8-5-11-8/h7-8H,2,4-5H2,1,3H3. The first-order valence-electron chi connectivity index (χ1n) is 4.15. The van der Waals surface area contributed by atoms with E-state index >= 15 is 0 Å². The van der Waals surface area contributed by atoms with Gasteiger partial charge in [0.2, 0.25) is 0 Å². The highest BCUT2D eigenvalue weighted by molar-refractivity contribution is 5.87. The first kappa shape index (κ1) is 9.26. The van der Waals surface area contributed by atoms with E-state index in [0.29, 0.717) is 18.6 Å². The fourth-order valence-corrected chi connectivity index (χ4v) is 0.799. The fourth-order valence-electron chi connectivity index (χ4n) is 0.799. The summed E-state index contributed by atoms with van der Waals surface area (Å²) in [6, 6.07) is 0. The van der Waals surface area contributed by atoms with Crippen LogP contribution in [0.5, 0.6) is 0 Å². The minimum Gasteiger partial charge on any atom is -0.456 e. The molecular formula is C9H14O3. The second-order valence-corrected chi connectivity index (χ2v) is 2.94. The molecule has 0 N–H and O–H groups in total. The summed E-state index contributed by atoms with van der Waals surface area (Å²) in [5.41, 5.74) is 0.516. The van der Waals surface area contributed by atoms with Crippen LogP contribution < -0.4 is 0 Å². The minimum absolute atomic E-state index is 0.110. The van der Waals surface area contributed by atoms with Gasteiger partial charge in [0.25, 0.3) is 0 Å². The molecule has 2 atom stereocenters. The Labute approximate surface area is 72.4 Å². The summed E-state index contributed by atoms with van der Waals surface area (Å²) in [6.07, 6.45) is 0.608. The molecular weight excluding hydrogens is 156 g/mol. The van der Waals surface area contributed by atoms with E-state index in [4.69, 9.17) is 9.47 Å². The summed E-state index contributed by atoms with van der Waals surface area (Å²) in [5, 5.41) is 0. The molecule has 1 aliphatic heterocycles. The molecule has 0 aromatic rings. The first-order chi connectivity index (χ1) is 5.65. The zero-order chi connectivity index (χ0) is 9.14. The maximum absolute atomic E-state index is 11.1. The average molecular weight is 170 g/mol. The van der Waals surface area contributed by atoms with E-state index in [1.165, 1.54) is 0 Å². The molecule has 0 aliphatic carbocycles. The van der Waals surface area contributed by atoms with E-state index in [-0.39, 0.29) is 18.2 Å². The lowest BCUT2D eigenvalue weighted by Crippen LogP contribution is -2.20.